The predicted molar refractivity (Wildman–Crippen MR) is 96.5 cm³/mol. The van der Waals surface area contributed by atoms with Crippen molar-refractivity contribution in [3.8, 4) is 0 Å². The van der Waals surface area contributed by atoms with Gasteiger partial charge in [0.25, 0.3) is 10.0 Å². The summed E-state index contributed by atoms with van der Waals surface area (Å²) in [5.74, 6) is -0.390. The Kier molecular flexibility index (Phi) is 5.31. The van der Waals surface area contributed by atoms with E-state index in [-0.39, 0.29) is 16.8 Å². The van der Waals surface area contributed by atoms with Crippen LogP contribution in [0, 0.1) is 5.92 Å². The van der Waals surface area contributed by atoms with Crippen molar-refractivity contribution in [1.29, 1.82) is 0 Å². The van der Waals surface area contributed by atoms with E-state index in [0.29, 0.717) is 36.0 Å². The van der Waals surface area contributed by atoms with Crippen LogP contribution in [0.25, 0.3) is 0 Å². The lowest BCUT2D eigenvalue weighted by Crippen LogP contribution is -2.24. The number of rotatable bonds is 5. The van der Waals surface area contributed by atoms with Gasteiger partial charge in [-0.05, 0) is 50.5 Å². The lowest BCUT2D eigenvalue weighted by molar-refractivity contribution is -0.148. The number of anilines is 1. The number of nitrogens with zero attached hydrogens (tertiary/aromatic N) is 1. The zero-order chi connectivity index (χ0) is 18.0. The minimum atomic E-state index is -3.72. The second-order valence-corrected chi connectivity index (χ2v) is 8.84. The second kappa shape index (κ2) is 7.31. The number of hydrogen-bond donors (Lipinski definition) is 1. The third-order valence-electron chi connectivity index (χ3n) is 3.91. The van der Waals surface area contributed by atoms with Crippen molar-refractivity contribution in [2.75, 3.05) is 11.3 Å². The van der Waals surface area contributed by atoms with Gasteiger partial charge in [-0.1, -0.05) is 11.6 Å². The van der Waals surface area contributed by atoms with Gasteiger partial charge in [0, 0.05) is 9.90 Å². The number of ether oxygens (including phenoxy) is 1. The van der Waals surface area contributed by atoms with Crippen LogP contribution in [0.4, 0.5) is 5.13 Å². The summed E-state index contributed by atoms with van der Waals surface area (Å²) < 4.78 is 32.4. The molecule has 1 unspecified atom stereocenters. The monoisotopic (exact) mass is 400 g/mol. The molecule has 2 aromatic rings. The summed E-state index contributed by atoms with van der Waals surface area (Å²) in [6.45, 7) is 2.14. The summed E-state index contributed by atoms with van der Waals surface area (Å²) >= 11 is 7.05. The summed E-state index contributed by atoms with van der Waals surface area (Å²) in [5.41, 5.74) is 0.847. The van der Waals surface area contributed by atoms with Crippen molar-refractivity contribution in [1.82, 2.24) is 4.98 Å². The van der Waals surface area contributed by atoms with Crippen molar-refractivity contribution in [3.63, 3.8) is 0 Å². The summed E-state index contributed by atoms with van der Waals surface area (Å²) in [5, 5.41) is 0.776. The first-order chi connectivity index (χ1) is 11.9. The molecule has 134 valence electrons. The van der Waals surface area contributed by atoms with Crippen molar-refractivity contribution in [2.24, 2.45) is 5.92 Å². The number of esters is 1. The molecule has 6 nitrogen and oxygen atoms in total. The van der Waals surface area contributed by atoms with Gasteiger partial charge in [0.05, 0.1) is 23.1 Å². The van der Waals surface area contributed by atoms with E-state index in [1.54, 1.807) is 6.92 Å². The van der Waals surface area contributed by atoms with Gasteiger partial charge in [0.1, 0.15) is 0 Å². The summed E-state index contributed by atoms with van der Waals surface area (Å²) in [6.07, 6.45) is 1.84. The maximum absolute atomic E-state index is 12.4. The second-order valence-electron chi connectivity index (χ2n) is 5.64. The number of halogens is 1. The smallest absolute Gasteiger partial charge is 0.309 e. The first-order valence-electron chi connectivity index (χ1n) is 7.82. The van der Waals surface area contributed by atoms with Crippen LogP contribution < -0.4 is 4.72 Å². The molecule has 1 N–H and O–H groups in total. The average molecular weight is 401 g/mol. The van der Waals surface area contributed by atoms with Crippen LogP contribution in [0.15, 0.2) is 29.2 Å². The van der Waals surface area contributed by atoms with Gasteiger partial charge in [0.2, 0.25) is 0 Å². The van der Waals surface area contributed by atoms with E-state index in [0.717, 1.165) is 10.6 Å². The largest absolute Gasteiger partial charge is 0.466 e. The molecule has 9 heteroatoms. The number of carbonyl (C=O) groups is 1. The highest BCUT2D eigenvalue weighted by Crippen LogP contribution is 2.33. The van der Waals surface area contributed by atoms with Gasteiger partial charge in [-0.25, -0.2) is 13.4 Å². The molecule has 0 saturated heterocycles. The van der Waals surface area contributed by atoms with Gasteiger partial charge in [-0.2, -0.15) is 0 Å². The number of sulfonamides is 1. The topological polar surface area (TPSA) is 85.4 Å². The van der Waals surface area contributed by atoms with Crippen LogP contribution in [-0.4, -0.2) is 26.0 Å². The molecule has 0 aliphatic heterocycles. The molecule has 0 saturated carbocycles. The normalized spacial score (nSPS) is 17.0. The van der Waals surface area contributed by atoms with Gasteiger partial charge in [-0.3, -0.25) is 9.52 Å². The Labute approximate surface area is 155 Å². The summed E-state index contributed by atoms with van der Waals surface area (Å²) in [6, 6.07) is 5.92. The molecule has 1 aromatic carbocycles. The molecule has 1 aliphatic carbocycles. The number of aromatic nitrogens is 1. The SMILES string of the molecule is CCOC(=O)C1CCc2nc(NS(=O)(=O)c3ccc(Cl)cc3)sc2C1. The highest BCUT2D eigenvalue weighted by Gasteiger charge is 2.29. The Morgan fingerprint density at radius 3 is 2.80 bits per heavy atom. The van der Waals surface area contributed by atoms with E-state index in [2.05, 4.69) is 9.71 Å². The molecular formula is C16H17ClN2O4S2. The van der Waals surface area contributed by atoms with E-state index >= 15 is 0 Å². The molecule has 25 heavy (non-hydrogen) atoms. The molecule has 0 bridgehead atoms. The third-order valence-corrected chi connectivity index (χ3v) is 6.68. The predicted octanol–water partition coefficient (Wildman–Crippen LogP) is 3.27. The van der Waals surface area contributed by atoms with Crippen LogP contribution >= 0.6 is 22.9 Å². The fourth-order valence-corrected chi connectivity index (χ4v) is 5.12. The molecule has 1 atom stereocenters. The van der Waals surface area contributed by atoms with Crippen molar-refractivity contribution < 1.29 is 17.9 Å². The standard InChI is InChI=1S/C16H17ClN2O4S2/c1-2-23-15(20)10-3-8-13-14(9-10)24-16(18-13)19-25(21,22)12-6-4-11(17)5-7-12/h4-7,10H,2-3,8-9H2,1H3,(H,18,19). The maximum Gasteiger partial charge on any atom is 0.309 e. The number of hydrogen-bond acceptors (Lipinski definition) is 6. The Morgan fingerprint density at radius 1 is 1.40 bits per heavy atom. The van der Waals surface area contributed by atoms with E-state index in [1.807, 2.05) is 0 Å². The quantitative estimate of drug-likeness (QED) is 0.778. The molecule has 0 radical (unpaired) electrons. The van der Waals surface area contributed by atoms with Crippen molar-refractivity contribution >= 4 is 44.1 Å². The number of carbonyl (C=O) groups excluding carboxylic acids is 1. The van der Waals surface area contributed by atoms with Crippen LogP contribution in [0.3, 0.4) is 0 Å². The number of fused-ring (bicyclic) bond motifs is 1. The van der Waals surface area contributed by atoms with Gasteiger partial charge < -0.3 is 4.74 Å². The molecule has 0 fully saturated rings. The highest BCUT2D eigenvalue weighted by atomic mass is 35.5. The molecule has 0 spiro atoms. The van der Waals surface area contributed by atoms with Crippen LogP contribution in [0.5, 0.6) is 0 Å². The zero-order valence-corrected chi connectivity index (χ0v) is 15.9. The minimum absolute atomic E-state index is 0.120. The lowest BCUT2D eigenvalue weighted by Gasteiger charge is -2.18. The Morgan fingerprint density at radius 2 is 2.12 bits per heavy atom. The fourth-order valence-electron chi connectivity index (χ4n) is 2.67. The highest BCUT2D eigenvalue weighted by molar-refractivity contribution is 7.93. The summed E-state index contributed by atoms with van der Waals surface area (Å²) in [7, 11) is -3.72. The zero-order valence-electron chi connectivity index (χ0n) is 13.5. The minimum Gasteiger partial charge on any atom is -0.466 e. The van der Waals surface area contributed by atoms with E-state index < -0.39 is 10.0 Å². The fraction of sp³-hybridized carbons (Fsp3) is 0.375. The third kappa shape index (κ3) is 4.13. The Balaban J connectivity index is 1.76. The van der Waals surface area contributed by atoms with E-state index in [4.69, 9.17) is 16.3 Å². The number of nitrogens with one attached hydrogen (secondary N) is 1. The summed E-state index contributed by atoms with van der Waals surface area (Å²) in [4.78, 5) is 17.3. The molecule has 1 heterocycles. The van der Waals surface area contributed by atoms with Gasteiger partial charge >= 0.3 is 5.97 Å². The lowest BCUT2D eigenvalue weighted by atomic mass is 9.91. The first-order valence-corrected chi connectivity index (χ1v) is 10.5. The van der Waals surface area contributed by atoms with Crippen LogP contribution in [0.2, 0.25) is 5.02 Å². The van der Waals surface area contributed by atoms with Crippen molar-refractivity contribution in [2.45, 2.75) is 31.1 Å². The molecular weight excluding hydrogens is 384 g/mol. The molecule has 0 amide bonds. The van der Waals surface area contributed by atoms with Gasteiger partial charge in [-0.15, -0.1) is 11.3 Å². The molecule has 3 rings (SSSR count). The Bertz CT molecular complexity index is 878. The number of benzene rings is 1. The van der Waals surface area contributed by atoms with E-state index in [1.165, 1.54) is 35.6 Å². The average Bonchev–Trinajstić information content (AvgIpc) is 2.95. The van der Waals surface area contributed by atoms with E-state index in [9.17, 15) is 13.2 Å². The van der Waals surface area contributed by atoms with Crippen molar-refractivity contribution in [3.05, 3.63) is 39.9 Å². The molecule has 1 aromatic heterocycles. The number of aryl methyl sites for hydroxylation is 1. The van der Waals surface area contributed by atoms with Crippen LogP contribution in [-0.2, 0) is 32.4 Å². The molecule has 1 aliphatic rings. The van der Waals surface area contributed by atoms with Gasteiger partial charge in [0.15, 0.2) is 5.13 Å². The Hall–Kier alpha value is -1.64. The maximum atomic E-state index is 12.4. The number of thiazole rings is 1. The van der Waals surface area contributed by atoms with Crippen LogP contribution in [0.1, 0.15) is 23.9 Å². The first kappa shape index (κ1) is 18.2.